The summed E-state index contributed by atoms with van der Waals surface area (Å²) in [7, 11) is 0. The molecule has 16 heavy (non-hydrogen) atoms. The van der Waals surface area contributed by atoms with Crippen LogP contribution in [-0.4, -0.2) is 31.8 Å². The van der Waals surface area contributed by atoms with Crippen molar-refractivity contribution in [3.63, 3.8) is 0 Å². The first-order chi connectivity index (χ1) is 7.30. The van der Waals surface area contributed by atoms with Crippen LogP contribution in [0.15, 0.2) is 0 Å². The summed E-state index contributed by atoms with van der Waals surface area (Å²) in [6, 6.07) is 0. The van der Waals surface area contributed by atoms with Gasteiger partial charge in [0, 0.05) is 5.54 Å². The van der Waals surface area contributed by atoms with Gasteiger partial charge in [0.1, 0.15) is 0 Å². The lowest BCUT2D eigenvalue weighted by Gasteiger charge is -2.23. The lowest BCUT2D eigenvalue weighted by Crippen LogP contribution is -2.34. The average Bonchev–Trinajstić information content (AvgIpc) is 2.08. The number of anilines is 1. The Labute approximate surface area is 94.1 Å². The summed E-state index contributed by atoms with van der Waals surface area (Å²) in [5.41, 5.74) is 0.945. The second-order valence-electron chi connectivity index (χ2n) is 4.39. The van der Waals surface area contributed by atoms with Gasteiger partial charge in [0.2, 0.25) is 5.95 Å². The molecule has 0 atom stereocenters. The van der Waals surface area contributed by atoms with Crippen molar-refractivity contribution < 1.29 is 9.90 Å². The predicted octanol–water partition coefficient (Wildman–Crippen LogP) is 1.15. The number of aliphatic carboxylic acids is 1. The number of hydrogen-bond donors (Lipinski definition) is 2. The highest BCUT2D eigenvalue weighted by molar-refractivity contribution is 5.68. The summed E-state index contributed by atoms with van der Waals surface area (Å²) < 4.78 is 0. The molecule has 6 nitrogen and oxygen atoms in total. The van der Waals surface area contributed by atoms with E-state index >= 15 is 0 Å². The molecule has 0 radical (unpaired) electrons. The van der Waals surface area contributed by atoms with E-state index in [1.54, 1.807) is 13.8 Å². The molecule has 0 amide bonds. The number of nitrogens with zero attached hydrogens (tertiary/aromatic N) is 3. The van der Waals surface area contributed by atoms with Gasteiger partial charge in [-0.2, -0.15) is 5.10 Å². The number of hydrogen-bond acceptors (Lipinski definition) is 5. The van der Waals surface area contributed by atoms with Crippen LogP contribution in [-0.2, 0) is 4.79 Å². The molecule has 1 rings (SSSR count). The van der Waals surface area contributed by atoms with Crippen LogP contribution in [0.3, 0.4) is 0 Å². The van der Waals surface area contributed by atoms with Crippen molar-refractivity contribution in [3.05, 3.63) is 11.4 Å². The molecular formula is C10H16N4O2. The van der Waals surface area contributed by atoms with Crippen LogP contribution in [0, 0.1) is 13.8 Å². The van der Waals surface area contributed by atoms with E-state index in [-0.39, 0.29) is 6.42 Å². The summed E-state index contributed by atoms with van der Waals surface area (Å²) in [6.45, 7) is 7.21. The van der Waals surface area contributed by atoms with Crippen LogP contribution in [0.5, 0.6) is 0 Å². The van der Waals surface area contributed by atoms with Gasteiger partial charge in [0.25, 0.3) is 0 Å². The topological polar surface area (TPSA) is 88.0 Å². The predicted molar refractivity (Wildman–Crippen MR) is 59.3 cm³/mol. The van der Waals surface area contributed by atoms with Gasteiger partial charge in [-0.05, 0) is 27.7 Å². The van der Waals surface area contributed by atoms with Crippen molar-refractivity contribution in [2.75, 3.05) is 5.32 Å². The lowest BCUT2D eigenvalue weighted by atomic mass is 10.0. The molecule has 0 saturated carbocycles. The number of aryl methyl sites for hydroxylation is 2. The van der Waals surface area contributed by atoms with E-state index in [4.69, 9.17) is 5.11 Å². The Bertz CT molecular complexity index is 404. The molecule has 6 heteroatoms. The van der Waals surface area contributed by atoms with Crippen LogP contribution < -0.4 is 5.32 Å². The molecule has 0 aromatic carbocycles. The van der Waals surface area contributed by atoms with Gasteiger partial charge in [-0.15, -0.1) is 5.10 Å². The molecule has 0 unspecified atom stereocenters. The van der Waals surface area contributed by atoms with Gasteiger partial charge in [-0.3, -0.25) is 4.79 Å². The molecule has 88 valence electrons. The standard InChI is InChI=1S/C10H16N4O2/c1-6-7(2)13-14-9(11-6)12-10(3,4)5-8(15)16/h5H2,1-4H3,(H,15,16)(H,11,12,14). The van der Waals surface area contributed by atoms with Crippen LogP contribution in [0.2, 0.25) is 0 Å². The Morgan fingerprint density at radius 2 is 1.94 bits per heavy atom. The number of aromatic nitrogens is 3. The molecule has 0 bridgehead atoms. The van der Waals surface area contributed by atoms with Gasteiger partial charge in [0.05, 0.1) is 17.8 Å². The van der Waals surface area contributed by atoms with Gasteiger partial charge < -0.3 is 10.4 Å². The average molecular weight is 224 g/mol. The minimum atomic E-state index is -0.866. The number of carbonyl (C=O) groups is 1. The fourth-order valence-electron chi connectivity index (χ4n) is 1.23. The van der Waals surface area contributed by atoms with Crippen molar-refractivity contribution in [3.8, 4) is 0 Å². The maximum Gasteiger partial charge on any atom is 0.305 e. The third-order valence-electron chi connectivity index (χ3n) is 2.14. The van der Waals surface area contributed by atoms with Crippen molar-refractivity contribution in [1.29, 1.82) is 0 Å². The summed E-state index contributed by atoms with van der Waals surface area (Å²) in [6.07, 6.45) is -0.0106. The summed E-state index contributed by atoms with van der Waals surface area (Å²) in [4.78, 5) is 14.8. The van der Waals surface area contributed by atoms with Crippen LogP contribution in [0.4, 0.5) is 5.95 Å². The molecule has 0 saturated heterocycles. The summed E-state index contributed by atoms with van der Waals surface area (Å²) in [5, 5.41) is 19.5. The van der Waals surface area contributed by atoms with E-state index in [0.29, 0.717) is 5.95 Å². The fraction of sp³-hybridized carbons (Fsp3) is 0.600. The number of carboxylic acid groups (broad SMARTS) is 1. The Kier molecular flexibility index (Phi) is 3.41. The molecular weight excluding hydrogens is 208 g/mol. The van der Waals surface area contributed by atoms with Gasteiger partial charge in [-0.1, -0.05) is 0 Å². The Morgan fingerprint density at radius 1 is 1.31 bits per heavy atom. The molecule has 0 fully saturated rings. The molecule has 0 aliphatic heterocycles. The molecule has 2 N–H and O–H groups in total. The Hall–Kier alpha value is -1.72. The first-order valence-corrected chi connectivity index (χ1v) is 4.98. The molecule has 1 aromatic heterocycles. The quantitative estimate of drug-likeness (QED) is 0.797. The number of nitrogens with one attached hydrogen (secondary N) is 1. The second-order valence-corrected chi connectivity index (χ2v) is 4.39. The van der Waals surface area contributed by atoms with E-state index in [1.165, 1.54) is 0 Å². The van der Waals surface area contributed by atoms with Gasteiger partial charge in [0.15, 0.2) is 0 Å². The monoisotopic (exact) mass is 224 g/mol. The first-order valence-electron chi connectivity index (χ1n) is 4.98. The molecule has 0 spiro atoms. The minimum absolute atomic E-state index is 0.0106. The van der Waals surface area contributed by atoms with Crippen molar-refractivity contribution in [2.45, 2.75) is 39.7 Å². The van der Waals surface area contributed by atoms with Crippen molar-refractivity contribution in [1.82, 2.24) is 15.2 Å². The second kappa shape index (κ2) is 4.42. The molecule has 1 heterocycles. The van der Waals surface area contributed by atoms with Crippen LogP contribution in [0.25, 0.3) is 0 Å². The van der Waals surface area contributed by atoms with Crippen LogP contribution >= 0.6 is 0 Å². The highest BCUT2D eigenvalue weighted by Crippen LogP contribution is 2.14. The minimum Gasteiger partial charge on any atom is -0.481 e. The number of carboxylic acids is 1. The van der Waals surface area contributed by atoms with E-state index in [0.717, 1.165) is 11.4 Å². The maximum atomic E-state index is 10.6. The summed E-state index contributed by atoms with van der Waals surface area (Å²) >= 11 is 0. The molecule has 0 aliphatic rings. The molecule has 0 aliphatic carbocycles. The third-order valence-corrected chi connectivity index (χ3v) is 2.14. The smallest absolute Gasteiger partial charge is 0.305 e. The first kappa shape index (κ1) is 12.4. The fourth-order valence-corrected chi connectivity index (χ4v) is 1.23. The van der Waals surface area contributed by atoms with Crippen LogP contribution in [0.1, 0.15) is 31.7 Å². The highest BCUT2D eigenvalue weighted by atomic mass is 16.4. The van der Waals surface area contributed by atoms with Crippen molar-refractivity contribution >= 4 is 11.9 Å². The van der Waals surface area contributed by atoms with Gasteiger partial charge >= 0.3 is 5.97 Å². The molecule has 1 aromatic rings. The normalized spacial score (nSPS) is 11.2. The van der Waals surface area contributed by atoms with E-state index < -0.39 is 11.5 Å². The van der Waals surface area contributed by atoms with Crippen molar-refractivity contribution in [2.24, 2.45) is 0 Å². The lowest BCUT2D eigenvalue weighted by molar-refractivity contribution is -0.137. The van der Waals surface area contributed by atoms with E-state index in [1.807, 2.05) is 13.8 Å². The SMILES string of the molecule is Cc1nnc(NC(C)(C)CC(=O)O)nc1C. The largest absolute Gasteiger partial charge is 0.481 e. The highest BCUT2D eigenvalue weighted by Gasteiger charge is 2.22. The Morgan fingerprint density at radius 3 is 2.44 bits per heavy atom. The maximum absolute atomic E-state index is 10.6. The van der Waals surface area contributed by atoms with E-state index in [2.05, 4.69) is 20.5 Å². The third kappa shape index (κ3) is 3.45. The Balaban J connectivity index is 2.79. The van der Waals surface area contributed by atoms with E-state index in [9.17, 15) is 4.79 Å². The zero-order valence-electron chi connectivity index (χ0n) is 9.90. The summed E-state index contributed by atoms with van der Waals surface area (Å²) in [5.74, 6) is -0.511. The zero-order valence-corrected chi connectivity index (χ0v) is 9.90. The van der Waals surface area contributed by atoms with Gasteiger partial charge in [-0.25, -0.2) is 4.98 Å². The zero-order chi connectivity index (χ0) is 12.3. The number of rotatable bonds is 4.